The Morgan fingerprint density at radius 2 is 1.46 bits per heavy atom. The number of carbonyl (C=O) groups excluding carboxylic acids is 1. The average molecular weight is 723 g/mol. The van der Waals surface area contributed by atoms with E-state index in [2.05, 4.69) is 12.1 Å². The summed E-state index contributed by atoms with van der Waals surface area (Å²) in [7, 11) is 3.68. The van der Waals surface area contributed by atoms with Crippen molar-refractivity contribution in [1.29, 1.82) is 0 Å². The van der Waals surface area contributed by atoms with Gasteiger partial charge in [-0.05, 0) is 73.9 Å². The lowest BCUT2D eigenvalue weighted by molar-refractivity contribution is -0.298. The standard InChI is InChI=1S/C27H50N2O10.C7H14O2.C2H6/c1-13-11-26(6,34)23(39-25-21(31)18(29(8)9)10-14(2)38-25)16(4)20(30)17(5)24(33)37-12-27(7,35)22(32)15(3)19(13)28-36;1-5-3-4-9-6(2)7(5)8;1-2/h13-18,20-23,25,30-32,34-36H,10-12H2,1-9H3;5-8H,3-4H2,1-2H3;1-2H3/b28-19-;;/t13-,14?,15?,16+,17?,18?,20+,21-,22?,23-,25?,26-,27-;5?,6?,7-;/m11./s1. The maximum Gasteiger partial charge on any atom is 0.311 e. The SMILES string of the molecule is CC.CC1CC(N(C)C)[C@@H](O)C(O[C@@H]2[C@@H](C)[C@H](O)C(C)C(=O)OC[C@@](C)(O)C(O)C(C)/C(=N\O)[C@H](C)C[C@@]2(C)O)O1.CC1CCOC(C)[C@@H]1O. The summed E-state index contributed by atoms with van der Waals surface area (Å²) in [6.07, 6.45) is -5.13. The summed E-state index contributed by atoms with van der Waals surface area (Å²) in [6, 6.07) is -0.279. The summed E-state index contributed by atoms with van der Waals surface area (Å²) in [5, 5.41) is 78.4. The average Bonchev–Trinajstić information content (AvgIpc) is 3.05. The van der Waals surface area contributed by atoms with Gasteiger partial charge in [-0.15, -0.1) is 0 Å². The van der Waals surface area contributed by atoms with Gasteiger partial charge in [0.2, 0.25) is 0 Å². The number of carbonyl (C=O) groups is 1. The van der Waals surface area contributed by atoms with E-state index in [1.54, 1.807) is 20.8 Å². The molecule has 0 bridgehead atoms. The highest BCUT2D eigenvalue weighted by atomic mass is 16.7. The van der Waals surface area contributed by atoms with Crippen molar-refractivity contribution in [2.75, 3.05) is 27.3 Å². The van der Waals surface area contributed by atoms with Gasteiger partial charge < -0.3 is 59.7 Å². The summed E-state index contributed by atoms with van der Waals surface area (Å²) in [5.41, 5.74) is -3.47. The molecule has 0 aromatic heterocycles. The van der Waals surface area contributed by atoms with Gasteiger partial charge in [0.15, 0.2) is 6.29 Å². The lowest BCUT2D eigenvalue weighted by Crippen LogP contribution is -2.59. The smallest absolute Gasteiger partial charge is 0.311 e. The number of aliphatic hydroxyl groups is 6. The third kappa shape index (κ3) is 12.0. The minimum Gasteiger partial charge on any atom is -0.462 e. The van der Waals surface area contributed by atoms with Crippen LogP contribution in [0.5, 0.6) is 0 Å². The number of oxime groups is 1. The Labute approximate surface area is 299 Å². The van der Waals surface area contributed by atoms with E-state index >= 15 is 0 Å². The molecule has 3 aliphatic rings. The van der Waals surface area contributed by atoms with Gasteiger partial charge in [-0.1, -0.05) is 46.7 Å². The van der Waals surface area contributed by atoms with Crippen LogP contribution in [-0.4, -0.2) is 146 Å². The molecule has 0 amide bonds. The molecule has 3 heterocycles. The van der Waals surface area contributed by atoms with Crippen LogP contribution < -0.4 is 0 Å². The number of rotatable bonds is 3. The summed E-state index contributed by atoms with van der Waals surface area (Å²) >= 11 is 0. The molecule has 3 aliphatic heterocycles. The molecule has 50 heavy (non-hydrogen) atoms. The lowest BCUT2D eigenvalue weighted by atomic mass is 9.74. The van der Waals surface area contributed by atoms with Crippen LogP contribution in [0.3, 0.4) is 0 Å². The van der Waals surface area contributed by atoms with Gasteiger partial charge in [0.05, 0.1) is 53.9 Å². The predicted molar refractivity (Wildman–Crippen MR) is 189 cm³/mol. The second-order valence-corrected chi connectivity index (χ2v) is 15.3. The zero-order valence-corrected chi connectivity index (χ0v) is 32.7. The molecule has 3 fully saturated rings. The monoisotopic (exact) mass is 722 g/mol. The number of hydrogen-bond acceptors (Lipinski definition) is 14. The fraction of sp³-hybridized carbons (Fsp3) is 0.944. The van der Waals surface area contributed by atoms with Gasteiger partial charge in [-0.25, -0.2) is 0 Å². The van der Waals surface area contributed by atoms with E-state index in [4.69, 9.17) is 18.9 Å². The summed E-state index contributed by atoms with van der Waals surface area (Å²) in [4.78, 5) is 14.7. The van der Waals surface area contributed by atoms with E-state index in [0.29, 0.717) is 12.3 Å². The van der Waals surface area contributed by atoms with Crippen LogP contribution in [0.1, 0.15) is 95.4 Å². The van der Waals surface area contributed by atoms with Gasteiger partial charge in [0, 0.05) is 30.4 Å². The van der Waals surface area contributed by atoms with Crippen LogP contribution in [-0.2, 0) is 23.7 Å². The first-order valence-corrected chi connectivity index (χ1v) is 18.2. The van der Waals surface area contributed by atoms with E-state index in [-0.39, 0.29) is 36.5 Å². The Balaban J connectivity index is 0.000000969. The fourth-order valence-corrected chi connectivity index (χ4v) is 7.20. The van der Waals surface area contributed by atoms with E-state index in [9.17, 15) is 40.6 Å². The molecule has 0 aromatic rings. The molecular formula is C36H70N2O12. The Hall–Kier alpha value is -1.46. The van der Waals surface area contributed by atoms with Gasteiger partial charge in [0.25, 0.3) is 0 Å². The quantitative estimate of drug-likeness (QED) is 0.127. The van der Waals surface area contributed by atoms with Crippen LogP contribution in [0.4, 0.5) is 0 Å². The molecule has 0 saturated carbocycles. The third-order valence-corrected chi connectivity index (χ3v) is 10.5. The minimum absolute atomic E-state index is 0.0359. The second kappa shape index (κ2) is 20.1. The highest BCUT2D eigenvalue weighted by molar-refractivity contribution is 5.88. The molecule has 3 rings (SSSR count). The number of aliphatic hydroxyl groups excluding tert-OH is 4. The normalized spacial score (nSPS) is 46.1. The van der Waals surface area contributed by atoms with Crippen molar-refractivity contribution in [3.8, 4) is 0 Å². The van der Waals surface area contributed by atoms with Crippen molar-refractivity contribution < 1.29 is 59.6 Å². The molecule has 14 nitrogen and oxygen atoms in total. The number of hydrogen-bond donors (Lipinski definition) is 7. The summed E-state index contributed by atoms with van der Waals surface area (Å²) < 4.78 is 22.7. The number of esters is 1. The zero-order chi connectivity index (χ0) is 38.9. The Morgan fingerprint density at radius 3 is 1.96 bits per heavy atom. The van der Waals surface area contributed by atoms with E-state index in [1.807, 2.05) is 46.7 Å². The van der Waals surface area contributed by atoms with Crippen LogP contribution in [0.25, 0.3) is 0 Å². The van der Waals surface area contributed by atoms with Crippen molar-refractivity contribution in [2.24, 2.45) is 34.7 Å². The molecular weight excluding hydrogens is 652 g/mol. The minimum atomic E-state index is -1.88. The molecule has 16 atom stereocenters. The van der Waals surface area contributed by atoms with Gasteiger partial charge in [-0.2, -0.15) is 0 Å². The molecule has 296 valence electrons. The topological polar surface area (TPSA) is 211 Å². The summed E-state index contributed by atoms with van der Waals surface area (Å²) in [6.45, 7) is 19.2. The van der Waals surface area contributed by atoms with Crippen LogP contribution in [0, 0.1) is 29.6 Å². The second-order valence-electron chi connectivity index (χ2n) is 15.3. The summed E-state index contributed by atoms with van der Waals surface area (Å²) in [5.74, 6) is -3.83. The largest absolute Gasteiger partial charge is 0.462 e. The Bertz CT molecular complexity index is 1030. The van der Waals surface area contributed by atoms with Crippen LogP contribution in [0.2, 0.25) is 0 Å². The fourth-order valence-electron chi connectivity index (χ4n) is 7.20. The highest BCUT2D eigenvalue weighted by Gasteiger charge is 2.49. The zero-order valence-electron chi connectivity index (χ0n) is 32.7. The molecule has 0 aliphatic carbocycles. The van der Waals surface area contributed by atoms with E-state index < -0.39 is 78.2 Å². The molecule has 8 unspecified atom stereocenters. The van der Waals surface area contributed by atoms with Crippen molar-refractivity contribution >= 4 is 11.7 Å². The first-order valence-electron chi connectivity index (χ1n) is 18.2. The highest BCUT2D eigenvalue weighted by Crippen LogP contribution is 2.37. The predicted octanol–water partition coefficient (Wildman–Crippen LogP) is 2.16. The number of nitrogens with zero attached hydrogens (tertiary/aromatic N) is 2. The Kier molecular flexibility index (Phi) is 18.7. The molecule has 0 radical (unpaired) electrons. The molecule has 14 heteroatoms. The lowest BCUT2D eigenvalue weighted by Gasteiger charge is -2.47. The third-order valence-electron chi connectivity index (χ3n) is 10.5. The van der Waals surface area contributed by atoms with Crippen molar-refractivity contribution in [2.45, 2.75) is 162 Å². The maximum absolute atomic E-state index is 12.8. The van der Waals surface area contributed by atoms with Gasteiger partial charge in [0.1, 0.15) is 18.3 Å². The molecule has 0 spiro atoms. The first kappa shape index (κ1) is 46.6. The van der Waals surface area contributed by atoms with Crippen molar-refractivity contribution in [3.63, 3.8) is 0 Å². The number of cyclic esters (lactones) is 1. The van der Waals surface area contributed by atoms with E-state index in [1.165, 1.54) is 20.8 Å². The van der Waals surface area contributed by atoms with Crippen LogP contribution >= 0.6 is 0 Å². The van der Waals surface area contributed by atoms with Gasteiger partial charge in [-0.3, -0.25) is 4.79 Å². The first-order chi connectivity index (χ1) is 23.1. The van der Waals surface area contributed by atoms with Crippen LogP contribution in [0.15, 0.2) is 5.16 Å². The number of ether oxygens (including phenoxy) is 4. The van der Waals surface area contributed by atoms with Crippen molar-refractivity contribution in [1.82, 2.24) is 4.90 Å². The molecule has 7 N–H and O–H groups in total. The maximum atomic E-state index is 12.8. The molecule has 3 saturated heterocycles. The molecule has 0 aromatic carbocycles. The number of likely N-dealkylation sites (N-methyl/N-ethyl adjacent to an activating group) is 1. The van der Waals surface area contributed by atoms with E-state index in [0.717, 1.165) is 13.0 Å². The Morgan fingerprint density at radius 1 is 0.880 bits per heavy atom. The van der Waals surface area contributed by atoms with Gasteiger partial charge >= 0.3 is 5.97 Å². The van der Waals surface area contributed by atoms with Crippen molar-refractivity contribution in [3.05, 3.63) is 0 Å².